The molecule has 1 aromatic heterocycles. The number of H-pyrrole nitrogens is 1. The highest BCUT2D eigenvalue weighted by Gasteiger charge is 2.31. The lowest BCUT2D eigenvalue weighted by Gasteiger charge is -2.40. The molecule has 0 radical (unpaired) electrons. The van der Waals surface area contributed by atoms with Crippen molar-refractivity contribution in [3.63, 3.8) is 0 Å². The smallest absolute Gasteiger partial charge is 0.254 e. The van der Waals surface area contributed by atoms with Gasteiger partial charge in [-0.05, 0) is 82.5 Å². The zero-order chi connectivity index (χ0) is 27.4. The summed E-state index contributed by atoms with van der Waals surface area (Å²) in [6, 6.07) is 16.9. The maximum Gasteiger partial charge on any atom is 0.254 e. The normalized spacial score (nSPS) is 18.1. The van der Waals surface area contributed by atoms with E-state index in [0.29, 0.717) is 5.56 Å². The van der Waals surface area contributed by atoms with Crippen molar-refractivity contribution in [2.24, 2.45) is 5.73 Å². The summed E-state index contributed by atoms with van der Waals surface area (Å²) in [6.45, 7) is 9.67. The molecule has 38 heavy (non-hydrogen) atoms. The third-order valence-electron chi connectivity index (χ3n) is 7.26. The van der Waals surface area contributed by atoms with E-state index in [1.165, 1.54) is 6.07 Å². The highest BCUT2D eigenvalue weighted by molar-refractivity contribution is 5.95. The number of primary amides is 1. The fourth-order valence-electron chi connectivity index (χ4n) is 5.48. The Balaban J connectivity index is 1.57. The van der Waals surface area contributed by atoms with Gasteiger partial charge in [-0.1, -0.05) is 18.2 Å². The van der Waals surface area contributed by atoms with Crippen LogP contribution in [0.3, 0.4) is 0 Å². The van der Waals surface area contributed by atoms with E-state index in [9.17, 15) is 14.0 Å². The molecule has 0 aliphatic carbocycles. The molecule has 1 aliphatic heterocycles. The van der Waals surface area contributed by atoms with Crippen LogP contribution < -0.4 is 11.1 Å². The van der Waals surface area contributed by atoms with Crippen molar-refractivity contribution >= 4 is 17.5 Å². The van der Waals surface area contributed by atoms with E-state index in [1.807, 2.05) is 69.1 Å². The minimum Gasteiger partial charge on any atom is -0.380 e. The Hall–Kier alpha value is -3.65. The first-order valence-corrected chi connectivity index (χ1v) is 13.3. The van der Waals surface area contributed by atoms with Gasteiger partial charge in [0.2, 0.25) is 0 Å². The Kier molecular flexibility index (Phi) is 8.52. The number of nitrogens with two attached hydrogens (primary N) is 1. The van der Waals surface area contributed by atoms with Gasteiger partial charge in [-0.25, -0.2) is 4.39 Å². The number of anilines is 1. The average molecular weight is 520 g/mol. The average Bonchev–Trinajstić information content (AvgIpc) is 3.39. The van der Waals surface area contributed by atoms with Crippen molar-refractivity contribution < 1.29 is 14.0 Å². The maximum absolute atomic E-state index is 14.9. The van der Waals surface area contributed by atoms with Crippen LogP contribution in [0, 0.1) is 5.82 Å². The number of amides is 2. The van der Waals surface area contributed by atoms with Gasteiger partial charge in [0.25, 0.3) is 11.8 Å². The van der Waals surface area contributed by atoms with Gasteiger partial charge in [0, 0.05) is 54.7 Å². The largest absolute Gasteiger partial charge is 0.380 e. The van der Waals surface area contributed by atoms with Crippen molar-refractivity contribution in [3.05, 3.63) is 89.0 Å². The third-order valence-corrected chi connectivity index (χ3v) is 7.26. The predicted molar refractivity (Wildman–Crippen MR) is 148 cm³/mol. The summed E-state index contributed by atoms with van der Waals surface area (Å²) < 4.78 is 14.9. The van der Waals surface area contributed by atoms with Crippen LogP contribution in [0.2, 0.25) is 0 Å². The van der Waals surface area contributed by atoms with Gasteiger partial charge in [0.1, 0.15) is 0 Å². The van der Waals surface area contributed by atoms with Crippen molar-refractivity contribution in [1.29, 1.82) is 0 Å². The lowest BCUT2D eigenvalue weighted by Crippen LogP contribution is -2.42. The monoisotopic (exact) mass is 519 g/mol. The molecule has 2 heterocycles. The first-order chi connectivity index (χ1) is 18.2. The van der Waals surface area contributed by atoms with E-state index in [4.69, 9.17) is 5.73 Å². The van der Waals surface area contributed by atoms with Crippen LogP contribution in [-0.2, 0) is 6.54 Å². The summed E-state index contributed by atoms with van der Waals surface area (Å²) >= 11 is 0. The molecule has 4 N–H and O–H groups in total. The fraction of sp³-hybridized carbons (Fsp3) is 0.400. The Morgan fingerprint density at radius 1 is 1.08 bits per heavy atom. The quantitative estimate of drug-likeness (QED) is 0.356. The second-order valence-electron chi connectivity index (χ2n) is 10.6. The number of aromatic amines is 1. The SMILES string of the molecule is CC(C)N(C(=O)c1ccc(C2CC(Nc3cccc(C(N)=O)c3F)CCN2Cc2ccc[nH]2)cc1)C(C)C. The molecule has 0 spiro atoms. The Bertz CT molecular complexity index is 1230. The molecule has 202 valence electrons. The highest BCUT2D eigenvalue weighted by atomic mass is 19.1. The van der Waals surface area contributed by atoms with Crippen molar-refractivity contribution in [2.75, 3.05) is 11.9 Å². The van der Waals surface area contributed by atoms with E-state index in [-0.39, 0.29) is 41.3 Å². The number of likely N-dealkylation sites (tertiary alicyclic amines) is 1. The Labute approximate surface area is 224 Å². The first kappa shape index (κ1) is 27.4. The molecule has 1 fully saturated rings. The fourth-order valence-corrected chi connectivity index (χ4v) is 5.48. The molecule has 0 bridgehead atoms. The highest BCUT2D eigenvalue weighted by Crippen LogP contribution is 2.34. The van der Waals surface area contributed by atoms with E-state index in [0.717, 1.165) is 37.2 Å². The number of nitrogens with one attached hydrogen (secondary N) is 2. The van der Waals surface area contributed by atoms with Gasteiger partial charge in [0.15, 0.2) is 5.82 Å². The van der Waals surface area contributed by atoms with Crippen LogP contribution in [0.15, 0.2) is 60.8 Å². The minimum absolute atomic E-state index is 0.00352. The summed E-state index contributed by atoms with van der Waals surface area (Å²) in [5.41, 5.74) is 8.40. The van der Waals surface area contributed by atoms with Crippen LogP contribution in [0.1, 0.15) is 78.6 Å². The molecule has 2 amide bonds. The van der Waals surface area contributed by atoms with Crippen LogP contribution in [0.4, 0.5) is 10.1 Å². The number of piperidine rings is 1. The standard InChI is InChI=1S/C30H38FN5O2/c1-19(2)36(20(3)4)30(38)22-12-10-21(11-13-22)27-17-23(14-16-35(27)18-24-7-6-15-33-24)34-26-9-5-8-25(28(26)31)29(32)37/h5-13,15,19-20,23,27,33-34H,14,16-18H2,1-4H3,(H2,32,37). The molecule has 8 heteroatoms. The Morgan fingerprint density at radius 3 is 2.39 bits per heavy atom. The van der Waals surface area contributed by atoms with Gasteiger partial charge in [0.05, 0.1) is 11.3 Å². The third kappa shape index (κ3) is 6.07. The number of rotatable bonds is 9. The second-order valence-corrected chi connectivity index (χ2v) is 10.6. The van der Waals surface area contributed by atoms with Crippen LogP contribution in [0.5, 0.6) is 0 Å². The molecular formula is C30H38FN5O2. The molecule has 2 aromatic carbocycles. The molecule has 1 saturated heterocycles. The summed E-state index contributed by atoms with van der Waals surface area (Å²) in [5, 5.41) is 3.31. The maximum atomic E-state index is 14.9. The first-order valence-electron chi connectivity index (χ1n) is 13.3. The summed E-state index contributed by atoms with van der Waals surface area (Å²) in [5.74, 6) is -1.38. The predicted octanol–water partition coefficient (Wildman–Crippen LogP) is 5.33. The molecule has 4 rings (SSSR count). The van der Waals surface area contributed by atoms with Crippen LogP contribution in [0.25, 0.3) is 0 Å². The van der Waals surface area contributed by atoms with Crippen molar-refractivity contribution in [2.45, 2.75) is 71.2 Å². The summed E-state index contributed by atoms with van der Waals surface area (Å²) in [6.07, 6.45) is 3.47. The number of aromatic nitrogens is 1. The molecule has 1 aliphatic rings. The zero-order valence-corrected chi connectivity index (χ0v) is 22.6. The van der Waals surface area contributed by atoms with Gasteiger partial charge < -0.3 is 20.9 Å². The summed E-state index contributed by atoms with van der Waals surface area (Å²) in [7, 11) is 0. The Morgan fingerprint density at radius 2 is 1.79 bits per heavy atom. The number of benzene rings is 2. The minimum atomic E-state index is -0.784. The number of hydrogen-bond donors (Lipinski definition) is 3. The molecule has 0 saturated carbocycles. The summed E-state index contributed by atoms with van der Waals surface area (Å²) in [4.78, 5) is 32.4. The van der Waals surface area contributed by atoms with E-state index in [1.54, 1.807) is 12.1 Å². The van der Waals surface area contributed by atoms with E-state index < -0.39 is 11.7 Å². The number of halogens is 1. The van der Waals surface area contributed by atoms with Crippen molar-refractivity contribution in [3.8, 4) is 0 Å². The van der Waals surface area contributed by atoms with Gasteiger partial charge in [-0.15, -0.1) is 0 Å². The van der Waals surface area contributed by atoms with E-state index >= 15 is 0 Å². The second kappa shape index (κ2) is 11.8. The zero-order valence-electron chi connectivity index (χ0n) is 22.6. The molecular weight excluding hydrogens is 481 g/mol. The number of nitrogens with zero attached hydrogens (tertiary/aromatic N) is 2. The van der Waals surface area contributed by atoms with Crippen LogP contribution in [-0.4, -0.2) is 51.3 Å². The molecule has 2 atom stereocenters. The molecule has 2 unspecified atom stereocenters. The topological polar surface area (TPSA) is 94.5 Å². The van der Waals surface area contributed by atoms with Gasteiger partial charge in [-0.2, -0.15) is 0 Å². The lowest BCUT2D eigenvalue weighted by molar-refractivity contribution is 0.0643. The van der Waals surface area contributed by atoms with E-state index in [2.05, 4.69) is 21.3 Å². The molecule has 7 nitrogen and oxygen atoms in total. The molecule has 3 aromatic rings. The number of carbonyl (C=O) groups excluding carboxylic acids is 2. The van der Waals surface area contributed by atoms with Crippen LogP contribution >= 0.6 is 0 Å². The number of hydrogen-bond acceptors (Lipinski definition) is 4. The van der Waals surface area contributed by atoms with Gasteiger partial charge in [-0.3, -0.25) is 14.5 Å². The lowest BCUT2D eigenvalue weighted by atomic mass is 9.90. The van der Waals surface area contributed by atoms with Gasteiger partial charge >= 0.3 is 0 Å². The van der Waals surface area contributed by atoms with Crippen molar-refractivity contribution in [1.82, 2.24) is 14.8 Å². The number of carbonyl (C=O) groups is 2.